The first-order valence-corrected chi connectivity index (χ1v) is 7.63. The van der Waals surface area contributed by atoms with Crippen LogP contribution in [0.5, 0.6) is 0 Å². The Balaban J connectivity index is 2.06. The second kappa shape index (κ2) is 9.75. The Labute approximate surface area is 118 Å². The summed E-state index contributed by atoms with van der Waals surface area (Å²) < 4.78 is 11.8. The zero-order valence-corrected chi connectivity index (χ0v) is 12.6. The molecule has 3 nitrogen and oxygen atoms in total. The fourth-order valence-electron chi connectivity index (χ4n) is 1.64. The summed E-state index contributed by atoms with van der Waals surface area (Å²) in [6, 6.07) is 3.99. The van der Waals surface area contributed by atoms with Crippen molar-refractivity contribution in [1.29, 1.82) is 0 Å². The van der Waals surface area contributed by atoms with Crippen LogP contribution in [0.2, 0.25) is 4.34 Å². The molecule has 0 atom stereocenters. The number of hydrogen-bond donors (Lipinski definition) is 1. The van der Waals surface area contributed by atoms with Gasteiger partial charge in [0.05, 0.1) is 4.34 Å². The van der Waals surface area contributed by atoms with Gasteiger partial charge in [0.25, 0.3) is 0 Å². The van der Waals surface area contributed by atoms with Crippen molar-refractivity contribution < 1.29 is 9.47 Å². The monoisotopic (exact) mass is 291 g/mol. The van der Waals surface area contributed by atoms with Crippen molar-refractivity contribution in [3.8, 4) is 0 Å². The molecule has 18 heavy (non-hydrogen) atoms. The Kier molecular flexibility index (Phi) is 8.63. The van der Waals surface area contributed by atoms with E-state index in [0.29, 0.717) is 13.2 Å². The van der Waals surface area contributed by atoms with Crippen LogP contribution >= 0.6 is 22.9 Å². The van der Waals surface area contributed by atoms with Gasteiger partial charge in [0.1, 0.15) is 0 Å². The van der Waals surface area contributed by atoms with Gasteiger partial charge in [0, 0.05) is 24.6 Å². The minimum absolute atomic E-state index is 0.0574. The van der Waals surface area contributed by atoms with Crippen molar-refractivity contribution >= 4 is 22.9 Å². The van der Waals surface area contributed by atoms with Crippen molar-refractivity contribution in [2.75, 3.05) is 19.8 Å². The summed E-state index contributed by atoms with van der Waals surface area (Å²) >= 11 is 7.49. The van der Waals surface area contributed by atoms with Crippen LogP contribution in [0.1, 0.15) is 31.6 Å². The number of thiophene rings is 1. The predicted octanol–water partition coefficient (Wildman–Crippen LogP) is 3.67. The molecule has 0 aliphatic heterocycles. The second-order valence-electron chi connectivity index (χ2n) is 3.87. The molecule has 1 aromatic rings. The summed E-state index contributed by atoms with van der Waals surface area (Å²) in [5.74, 6) is 0. The van der Waals surface area contributed by atoms with E-state index in [1.165, 1.54) is 4.88 Å². The van der Waals surface area contributed by atoms with Gasteiger partial charge >= 0.3 is 0 Å². The number of halogens is 1. The molecule has 0 radical (unpaired) electrons. The average molecular weight is 292 g/mol. The van der Waals surface area contributed by atoms with Gasteiger partial charge in [-0.05, 0) is 45.4 Å². The fraction of sp³-hybridized carbons (Fsp3) is 0.692. The van der Waals surface area contributed by atoms with E-state index in [-0.39, 0.29) is 6.29 Å². The highest BCUT2D eigenvalue weighted by Crippen LogP contribution is 2.20. The smallest absolute Gasteiger partial charge is 0.157 e. The van der Waals surface area contributed by atoms with E-state index in [2.05, 4.69) is 11.4 Å². The lowest BCUT2D eigenvalue weighted by atomic mass is 10.3. The fourth-order valence-corrected chi connectivity index (χ4v) is 2.70. The van der Waals surface area contributed by atoms with Gasteiger partial charge in [-0.2, -0.15) is 0 Å². The molecule has 1 aromatic heterocycles. The summed E-state index contributed by atoms with van der Waals surface area (Å²) in [4.78, 5) is 1.27. The Bertz CT molecular complexity index is 314. The summed E-state index contributed by atoms with van der Waals surface area (Å²) in [6.45, 7) is 7.23. The van der Waals surface area contributed by atoms with Crippen LogP contribution in [0.3, 0.4) is 0 Å². The van der Waals surface area contributed by atoms with E-state index in [9.17, 15) is 0 Å². The molecule has 0 aliphatic rings. The van der Waals surface area contributed by atoms with Crippen LogP contribution in [-0.2, 0) is 16.0 Å². The summed E-state index contributed by atoms with van der Waals surface area (Å²) in [7, 11) is 0. The SMILES string of the molecule is CCOC(CCCNCc1ccc(Cl)s1)OCC. The lowest BCUT2D eigenvalue weighted by molar-refractivity contribution is -0.139. The number of rotatable bonds is 10. The van der Waals surface area contributed by atoms with Crippen LogP contribution < -0.4 is 5.32 Å². The molecular weight excluding hydrogens is 270 g/mol. The lowest BCUT2D eigenvalue weighted by Gasteiger charge is -2.16. The maximum atomic E-state index is 5.87. The summed E-state index contributed by atoms with van der Waals surface area (Å²) in [5.41, 5.74) is 0. The molecular formula is C13H22ClNO2S. The third-order valence-electron chi connectivity index (χ3n) is 2.43. The molecule has 0 aromatic carbocycles. The van der Waals surface area contributed by atoms with Crippen molar-refractivity contribution in [3.05, 3.63) is 21.3 Å². The Hall–Kier alpha value is -0.130. The quantitative estimate of drug-likeness (QED) is 0.527. The first-order valence-electron chi connectivity index (χ1n) is 6.44. The van der Waals surface area contributed by atoms with Gasteiger partial charge in [-0.15, -0.1) is 11.3 Å². The minimum Gasteiger partial charge on any atom is -0.353 e. The van der Waals surface area contributed by atoms with Gasteiger partial charge in [0.2, 0.25) is 0 Å². The molecule has 0 unspecified atom stereocenters. The standard InChI is InChI=1S/C13H22ClNO2S/c1-3-16-13(17-4-2)6-5-9-15-10-11-7-8-12(14)18-11/h7-8,13,15H,3-6,9-10H2,1-2H3. The highest BCUT2D eigenvalue weighted by atomic mass is 35.5. The Morgan fingerprint density at radius 1 is 1.28 bits per heavy atom. The third kappa shape index (κ3) is 6.71. The highest BCUT2D eigenvalue weighted by Gasteiger charge is 2.06. The first-order chi connectivity index (χ1) is 8.76. The van der Waals surface area contributed by atoms with E-state index in [1.54, 1.807) is 11.3 Å². The largest absolute Gasteiger partial charge is 0.353 e. The Morgan fingerprint density at radius 3 is 2.56 bits per heavy atom. The van der Waals surface area contributed by atoms with Gasteiger partial charge in [-0.3, -0.25) is 0 Å². The number of hydrogen-bond acceptors (Lipinski definition) is 4. The van der Waals surface area contributed by atoms with Gasteiger partial charge in [-0.25, -0.2) is 0 Å². The Morgan fingerprint density at radius 2 is 2.00 bits per heavy atom. The van der Waals surface area contributed by atoms with Gasteiger partial charge < -0.3 is 14.8 Å². The molecule has 1 N–H and O–H groups in total. The number of ether oxygens (including phenoxy) is 2. The molecule has 0 amide bonds. The molecule has 1 heterocycles. The maximum absolute atomic E-state index is 5.87. The van der Waals surface area contributed by atoms with E-state index >= 15 is 0 Å². The van der Waals surface area contributed by atoms with E-state index in [0.717, 1.165) is 30.3 Å². The van der Waals surface area contributed by atoms with E-state index in [1.807, 2.05) is 19.9 Å². The molecule has 5 heteroatoms. The normalized spacial score (nSPS) is 11.3. The van der Waals surface area contributed by atoms with Crippen LogP contribution in [0.25, 0.3) is 0 Å². The van der Waals surface area contributed by atoms with Gasteiger partial charge in [-0.1, -0.05) is 11.6 Å². The zero-order valence-electron chi connectivity index (χ0n) is 11.1. The summed E-state index contributed by atoms with van der Waals surface area (Å²) in [6.07, 6.45) is 1.92. The van der Waals surface area contributed by atoms with Crippen LogP contribution in [0, 0.1) is 0 Å². The molecule has 0 fully saturated rings. The second-order valence-corrected chi connectivity index (χ2v) is 5.66. The molecule has 0 saturated carbocycles. The highest BCUT2D eigenvalue weighted by molar-refractivity contribution is 7.16. The minimum atomic E-state index is -0.0574. The molecule has 0 saturated heterocycles. The average Bonchev–Trinajstić information content (AvgIpc) is 2.75. The third-order valence-corrected chi connectivity index (χ3v) is 3.66. The van der Waals surface area contributed by atoms with Crippen LogP contribution in [-0.4, -0.2) is 26.0 Å². The van der Waals surface area contributed by atoms with E-state index < -0.39 is 0 Å². The predicted molar refractivity (Wildman–Crippen MR) is 77.3 cm³/mol. The van der Waals surface area contributed by atoms with Crippen LogP contribution in [0.15, 0.2) is 12.1 Å². The number of nitrogens with one attached hydrogen (secondary N) is 1. The van der Waals surface area contributed by atoms with E-state index in [4.69, 9.17) is 21.1 Å². The molecule has 104 valence electrons. The van der Waals surface area contributed by atoms with Crippen molar-refractivity contribution in [2.24, 2.45) is 0 Å². The molecule has 0 aliphatic carbocycles. The van der Waals surface area contributed by atoms with Crippen LogP contribution in [0.4, 0.5) is 0 Å². The molecule has 1 rings (SSSR count). The molecule has 0 spiro atoms. The van der Waals surface area contributed by atoms with Crippen molar-refractivity contribution in [1.82, 2.24) is 5.32 Å². The van der Waals surface area contributed by atoms with Gasteiger partial charge in [0.15, 0.2) is 6.29 Å². The maximum Gasteiger partial charge on any atom is 0.157 e. The van der Waals surface area contributed by atoms with Crippen molar-refractivity contribution in [3.63, 3.8) is 0 Å². The zero-order chi connectivity index (χ0) is 13.2. The summed E-state index contributed by atoms with van der Waals surface area (Å²) in [5, 5.41) is 3.40. The molecule has 0 bridgehead atoms. The first kappa shape index (κ1) is 15.9. The topological polar surface area (TPSA) is 30.5 Å². The lowest BCUT2D eigenvalue weighted by Crippen LogP contribution is -2.20. The van der Waals surface area contributed by atoms with Crippen molar-refractivity contribution in [2.45, 2.75) is 39.5 Å².